The molecule has 1 saturated heterocycles. The second kappa shape index (κ2) is 6.33. The van der Waals surface area contributed by atoms with E-state index in [9.17, 15) is 5.11 Å². The lowest BCUT2D eigenvalue weighted by Gasteiger charge is -2.29. The van der Waals surface area contributed by atoms with Gasteiger partial charge in [0.15, 0.2) is 0 Å². The number of nitrogens with one attached hydrogen (secondary N) is 1. The summed E-state index contributed by atoms with van der Waals surface area (Å²) >= 11 is 6.49. The number of pyridine rings is 1. The molecule has 1 aromatic carbocycles. The normalized spacial score (nSPS) is 21.8. The first-order valence-electron chi connectivity index (χ1n) is 9.70. The molecule has 27 heavy (non-hydrogen) atoms. The average Bonchev–Trinajstić information content (AvgIpc) is 3.24. The summed E-state index contributed by atoms with van der Waals surface area (Å²) in [4.78, 5) is 10.4. The highest BCUT2D eigenvalue weighted by Gasteiger charge is 2.33. The van der Waals surface area contributed by atoms with Crippen LogP contribution in [0.15, 0.2) is 36.7 Å². The van der Waals surface area contributed by atoms with Gasteiger partial charge in [-0.05, 0) is 55.6 Å². The molecule has 0 radical (unpaired) electrons. The Hall–Kier alpha value is -1.88. The van der Waals surface area contributed by atoms with Gasteiger partial charge in [0.05, 0.1) is 5.60 Å². The molecule has 2 atom stereocenters. The van der Waals surface area contributed by atoms with E-state index in [-0.39, 0.29) is 0 Å². The van der Waals surface area contributed by atoms with Gasteiger partial charge in [0.2, 0.25) is 0 Å². The van der Waals surface area contributed by atoms with E-state index in [1.165, 1.54) is 36.0 Å². The maximum Gasteiger partial charge on any atom is 0.0924 e. The second-order valence-corrected chi connectivity index (χ2v) is 8.67. The van der Waals surface area contributed by atoms with E-state index in [0.717, 1.165) is 34.6 Å². The number of nitrogens with zero attached hydrogens (tertiary/aromatic N) is 2. The summed E-state index contributed by atoms with van der Waals surface area (Å²) in [5, 5.41) is 13.1. The fourth-order valence-electron chi connectivity index (χ4n) is 4.86. The van der Waals surface area contributed by atoms with E-state index in [1.807, 2.05) is 25.1 Å². The average molecular weight is 382 g/mol. The number of hydrogen-bond acceptors (Lipinski definition) is 3. The third-order valence-corrected chi connectivity index (χ3v) is 6.49. The Morgan fingerprint density at radius 3 is 3.11 bits per heavy atom. The molecule has 5 heteroatoms. The van der Waals surface area contributed by atoms with Gasteiger partial charge in [-0.15, -0.1) is 0 Å². The fourth-order valence-corrected chi connectivity index (χ4v) is 5.10. The van der Waals surface area contributed by atoms with Crippen molar-refractivity contribution in [3.63, 3.8) is 0 Å². The molecular formula is C22H24ClN3O. The summed E-state index contributed by atoms with van der Waals surface area (Å²) in [7, 11) is 0. The minimum absolute atomic E-state index is 0.488. The van der Waals surface area contributed by atoms with Gasteiger partial charge in [-0.3, -0.25) is 9.88 Å². The fraction of sp³-hybridized carbons (Fsp3) is 0.409. The van der Waals surface area contributed by atoms with Gasteiger partial charge in [-0.25, -0.2) is 0 Å². The van der Waals surface area contributed by atoms with E-state index >= 15 is 0 Å². The third-order valence-electron chi connectivity index (χ3n) is 6.27. The number of halogens is 1. The predicted molar refractivity (Wildman–Crippen MR) is 108 cm³/mol. The molecule has 2 aromatic heterocycles. The van der Waals surface area contributed by atoms with Gasteiger partial charge in [-0.2, -0.15) is 0 Å². The van der Waals surface area contributed by atoms with Crippen molar-refractivity contribution in [2.24, 2.45) is 0 Å². The lowest BCUT2D eigenvalue weighted by Crippen LogP contribution is -2.34. The summed E-state index contributed by atoms with van der Waals surface area (Å²) in [5.41, 5.74) is 4.72. The highest BCUT2D eigenvalue weighted by Crippen LogP contribution is 2.38. The number of rotatable bonds is 3. The van der Waals surface area contributed by atoms with E-state index < -0.39 is 5.60 Å². The SMILES string of the molecule is CC(O)(Cc1cc(Cl)cc2c3c([nH]c12)CC1CCCN1C3)c1cccnc1. The van der Waals surface area contributed by atoms with E-state index in [4.69, 9.17) is 11.6 Å². The number of fused-ring (bicyclic) bond motifs is 4. The first-order chi connectivity index (χ1) is 13.0. The molecule has 140 valence electrons. The molecule has 3 aromatic rings. The maximum absolute atomic E-state index is 11.1. The summed E-state index contributed by atoms with van der Waals surface area (Å²) in [6.07, 6.45) is 7.62. The molecule has 0 amide bonds. The van der Waals surface area contributed by atoms with Crippen molar-refractivity contribution in [1.29, 1.82) is 0 Å². The number of aromatic nitrogens is 2. The van der Waals surface area contributed by atoms with Crippen molar-refractivity contribution in [3.8, 4) is 0 Å². The summed E-state index contributed by atoms with van der Waals surface area (Å²) < 4.78 is 0. The van der Waals surface area contributed by atoms with Crippen molar-refractivity contribution in [2.75, 3.05) is 6.54 Å². The molecule has 4 heterocycles. The zero-order chi connectivity index (χ0) is 18.6. The molecule has 2 N–H and O–H groups in total. The van der Waals surface area contributed by atoms with Crippen LogP contribution in [0, 0.1) is 0 Å². The Labute approximate surface area is 164 Å². The van der Waals surface area contributed by atoms with Crippen LogP contribution in [0.4, 0.5) is 0 Å². The van der Waals surface area contributed by atoms with Gasteiger partial charge in [0.1, 0.15) is 0 Å². The van der Waals surface area contributed by atoms with Crippen molar-refractivity contribution in [3.05, 3.63) is 64.1 Å². The molecule has 0 saturated carbocycles. The highest BCUT2D eigenvalue weighted by atomic mass is 35.5. The van der Waals surface area contributed by atoms with Crippen LogP contribution in [0.1, 0.15) is 42.1 Å². The van der Waals surface area contributed by atoms with Gasteiger partial charge in [-0.1, -0.05) is 17.7 Å². The quantitative estimate of drug-likeness (QED) is 0.715. The number of H-pyrrole nitrogens is 1. The molecule has 1 fully saturated rings. The molecule has 0 bridgehead atoms. The van der Waals surface area contributed by atoms with Crippen LogP contribution in [0.5, 0.6) is 0 Å². The summed E-state index contributed by atoms with van der Waals surface area (Å²) in [6.45, 7) is 4.04. The standard InChI is InChI=1S/C22H24ClN3O/c1-22(27,15-4-2-6-24-12-15)11-14-8-16(23)9-18-19-13-26-7-3-5-17(26)10-20(19)25-21(14)18/h2,4,6,8-9,12,17,25,27H,3,5,7,10-11,13H2,1H3. The van der Waals surface area contributed by atoms with Crippen LogP contribution >= 0.6 is 11.6 Å². The first kappa shape index (κ1) is 17.2. The number of hydrogen-bond donors (Lipinski definition) is 2. The molecule has 2 unspecified atom stereocenters. The second-order valence-electron chi connectivity index (χ2n) is 8.23. The first-order valence-corrected chi connectivity index (χ1v) is 10.1. The maximum atomic E-state index is 11.1. The molecule has 5 rings (SSSR count). The van der Waals surface area contributed by atoms with Crippen LogP contribution in [0.25, 0.3) is 10.9 Å². The van der Waals surface area contributed by atoms with Crippen molar-refractivity contribution in [2.45, 2.75) is 50.8 Å². The van der Waals surface area contributed by atoms with Gasteiger partial charge < -0.3 is 10.1 Å². The Balaban J connectivity index is 1.58. The molecule has 2 aliphatic heterocycles. The van der Waals surface area contributed by atoms with Crippen molar-refractivity contribution >= 4 is 22.5 Å². The summed E-state index contributed by atoms with van der Waals surface area (Å²) in [6, 6.07) is 8.51. The largest absolute Gasteiger partial charge is 0.385 e. The van der Waals surface area contributed by atoms with Gasteiger partial charge >= 0.3 is 0 Å². The molecule has 2 aliphatic rings. The van der Waals surface area contributed by atoms with Crippen molar-refractivity contribution in [1.82, 2.24) is 14.9 Å². The predicted octanol–water partition coefficient (Wildman–Crippen LogP) is 4.19. The van der Waals surface area contributed by atoms with E-state index in [0.29, 0.717) is 12.5 Å². The van der Waals surface area contributed by atoms with Crippen molar-refractivity contribution < 1.29 is 5.11 Å². The lowest BCUT2D eigenvalue weighted by atomic mass is 9.89. The van der Waals surface area contributed by atoms with Crippen LogP contribution in [0.2, 0.25) is 5.02 Å². The monoisotopic (exact) mass is 381 g/mol. The van der Waals surface area contributed by atoms with Crippen LogP contribution in [0.3, 0.4) is 0 Å². The Kier molecular flexibility index (Phi) is 4.04. The zero-order valence-corrected chi connectivity index (χ0v) is 16.3. The minimum atomic E-state index is -1.00. The topological polar surface area (TPSA) is 52.1 Å². The Morgan fingerprint density at radius 2 is 2.30 bits per heavy atom. The van der Waals surface area contributed by atoms with Crippen LogP contribution in [-0.2, 0) is 25.0 Å². The number of aromatic amines is 1. The lowest BCUT2D eigenvalue weighted by molar-refractivity contribution is 0.0576. The molecule has 4 nitrogen and oxygen atoms in total. The molecule has 0 aliphatic carbocycles. The third kappa shape index (κ3) is 2.96. The smallest absolute Gasteiger partial charge is 0.0924 e. The number of benzene rings is 1. The van der Waals surface area contributed by atoms with Gasteiger partial charge in [0.25, 0.3) is 0 Å². The van der Waals surface area contributed by atoms with E-state index in [1.54, 1.807) is 12.4 Å². The number of aliphatic hydroxyl groups is 1. The Bertz CT molecular complexity index is 996. The molecule has 0 spiro atoms. The van der Waals surface area contributed by atoms with Crippen LogP contribution in [-0.4, -0.2) is 32.6 Å². The molecular weight excluding hydrogens is 358 g/mol. The van der Waals surface area contributed by atoms with E-state index in [2.05, 4.69) is 20.9 Å². The van der Waals surface area contributed by atoms with Gasteiger partial charge in [0, 0.05) is 65.0 Å². The Morgan fingerprint density at radius 1 is 1.41 bits per heavy atom. The highest BCUT2D eigenvalue weighted by molar-refractivity contribution is 6.31. The minimum Gasteiger partial charge on any atom is -0.385 e. The zero-order valence-electron chi connectivity index (χ0n) is 15.5. The summed E-state index contributed by atoms with van der Waals surface area (Å²) in [5.74, 6) is 0. The van der Waals surface area contributed by atoms with Crippen LogP contribution < -0.4 is 0 Å².